The largest absolute Gasteiger partial charge is 0.494 e. The number of ketones is 1. The quantitative estimate of drug-likeness (QED) is 0.244. The van der Waals surface area contributed by atoms with Crippen LogP contribution in [-0.2, 0) is 9.59 Å². The molecule has 1 unspecified atom stereocenters. The Morgan fingerprint density at radius 2 is 1.49 bits per heavy atom. The summed E-state index contributed by atoms with van der Waals surface area (Å²) in [6, 6.07) is 4.78. The Bertz CT molecular complexity index is 1080. The van der Waals surface area contributed by atoms with Gasteiger partial charge in [0.2, 0.25) is 6.04 Å². The number of amides is 1. The number of nitrogens with zero attached hydrogens (tertiary/aromatic N) is 2. The lowest BCUT2D eigenvalue weighted by molar-refractivity contribution is -0.126. The fourth-order valence-corrected chi connectivity index (χ4v) is 3.45. The molecule has 2 aromatic rings. The van der Waals surface area contributed by atoms with E-state index >= 15 is 0 Å². The molecule has 1 atom stereocenters. The Balaban J connectivity index is 2.40. The Labute approximate surface area is 214 Å². The van der Waals surface area contributed by atoms with E-state index < -0.39 is 17.7 Å². The predicted molar refractivity (Wildman–Crippen MR) is 135 cm³/mol. The van der Waals surface area contributed by atoms with E-state index in [-0.39, 0.29) is 22.1 Å². The number of halogens is 2. The van der Waals surface area contributed by atoms with Gasteiger partial charge in [-0.25, -0.2) is 0 Å². The molecule has 0 saturated heterocycles. The molecule has 0 aliphatic rings. The average molecular weight is 526 g/mol. The van der Waals surface area contributed by atoms with Crippen molar-refractivity contribution >= 4 is 46.3 Å². The van der Waals surface area contributed by atoms with Gasteiger partial charge in [-0.15, -0.1) is 0 Å². The van der Waals surface area contributed by atoms with Crippen molar-refractivity contribution < 1.29 is 28.5 Å². The van der Waals surface area contributed by atoms with Crippen LogP contribution < -0.4 is 24.3 Å². The molecule has 0 aromatic heterocycles. The molecular weight excluding hydrogens is 497 g/mol. The minimum absolute atomic E-state index is 0.224. The van der Waals surface area contributed by atoms with E-state index in [0.29, 0.717) is 48.7 Å². The maximum Gasteiger partial charge on any atom is 0.258 e. The minimum Gasteiger partial charge on any atom is -0.494 e. The molecule has 0 saturated carbocycles. The maximum absolute atomic E-state index is 13.0. The van der Waals surface area contributed by atoms with Crippen LogP contribution in [0.2, 0.25) is 10.0 Å². The molecule has 0 aliphatic carbocycles. The zero-order valence-electron chi connectivity index (χ0n) is 20.3. The van der Waals surface area contributed by atoms with Gasteiger partial charge in [-0.3, -0.25) is 9.59 Å². The van der Waals surface area contributed by atoms with Gasteiger partial charge < -0.3 is 24.3 Å². The molecule has 0 heterocycles. The topological polar surface area (TPSA) is 108 Å². The molecule has 0 bridgehead atoms. The lowest BCUT2D eigenvalue weighted by Gasteiger charge is -2.16. The number of azo groups is 1. The Kier molecular flexibility index (Phi) is 11.1. The molecule has 1 amide bonds. The molecule has 0 fully saturated rings. The molecule has 9 nitrogen and oxygen atoms in total. The zero-order chi connectivity index (χ0) is 26.0. The van der Waals surface area contributed by atoms with Crippen molar-refractivity contribution in [3.8, 4) is 23.0 Å². The highest BCUT2D eigenvalue weighted by Gasteiger charge is 2.25. The summed E-state index contributed by atoms with van der Waals surface area (Å²) in [5.74, 6) is 0.165. The summed E-state index contributed by atoms with van der Waals surface area (Å²) in [6.07, 6.45) is 0. The Morgan fingerprint density at radius 1 is 0.857 bits per heavy atom. The molecule has 2 aromatic carbocycles. The highest BCUT2D eigenvalue weighted by molar-refractivity contribution is 6.33. The number of carbonyl (C=O) groups is 2. The summed E-state index contributed by atoms with van der Waals surface area (Å²) >= 11 is 12.5. The van der Waals surface area contributed by atoms with E-state index in [1.54, 1.807) is 32.9 Å². The van der Waals surface area contributed by atoms with Crippen LogP contribution in [0.25, 0.3) is 0 Å². The summed E-state index contributed by atoms with van der Waals surface area (Å²) < 4.78 is 22.1. The normalized spacial score (nSPS) is 11.7. The average Bonchev–Trinajstić information content (AvgIpc) is 2.79. The standard InChI is InChI=1S/C24H29Cl2N3O6/c1-6-32-15-10-17(26)23(35-9-4)19(11-15)28-29-22(14(5)30)24(31)27-18-13-20(33-7-2)16(25)12-21(18)34-8-3/h10-13,22H,6-9H2,1-5H3,(H,27,31). The van der Waals surface area contributed by atoms with E-state index in [9.17, 15) is 9.59 Å². The molecule has 0 spiro atoms. The number of rotatable bonds is 13. The van der Waals surface area contributed by atoms with Crippen molar-refractivity contribution in [2.75, 3.05) is 31.7 Å². The van der Waals surface area contributed by atoms with Crippen LogP contribution in [0.3, 0.4) is 0 Å². The van der Waals surface area contributed by atoms with Crippen molar-refractivity contribution in [3.05, 3.63) is 34.3 Å². The molecule has 0 radical (unpaired) electrons. The first-order valence-corrected chi connectivity index (χ1v) is 11.9. The third-order valence-corrected chi connectivity index (χ3v) is 4.98. The fraction of sp³-hybridized carbons (Fsp3) is 0.417. The van der Waals surface area contributed by atoms with Gasteiger partial charge in [-0.2, -0.15) is 10.2 Å². The third kappa shape index (κ3) is 7.73. The van der Waals surface area contributed by atoms with E-state index in [4.69, 9.17) is 42.1 Å². The number of hydrogen-bond donors (Lipinski definition) is 1. The summed E-state index contributed by atoms with van der Waals surface area (Å²) in [5, 5.41) is 11.4. The van der Waals surface area contributed by atoms with Gasteiger partial charge in [0.1, 0.15) is 22.9 Å². The van der Waals surface area contributed by atoms with E-state index in [1.807, 2.05) is 6.92 Å². The van der Waals surface area contributed by atoms with Gasteiger partial charge in [0.05, 0.1) is 42.2 Å². The van der Waals surface area contributed by atoms with Crippen LogP contribution in [0.1, 0.15) is 34.6 Å². The minimum atomic E-state index is -1.44. The third-order valence-electron chi connectivity index (χ3n) is 4.40. The molecule has 1 N–H and O–H groups in total. The van der Waals surface area contributed by atoms with Crippen molar-refractivity contribution in [1.29, 1.82) is 0 Å². The number of nitrogens with one attached hydrogen (secondary N) is 1. The summed E-state index contributed by atoms with van der Waals surface area (Å²) in [5.41, 5.74) is 0.504. The van der Waals surface area contributed by atoms with Crippen LogP contribution in [0.5, 0.6) is 23.0 Å². The second-order valence-corrected chi connectivity index (χ2v) is 7.80. The number of Topliss-reactive ketones (excluding diaryl/α,β-unsaturated/α-hetero) is 1. The van der Waals surface area contributed by atoms with Crippen LogP contribution in [-0.4, -0.2) is 44.2 Å². The molecule has 11 heteroatoms. The Hall–Kier alpha value is -3.04. The molecule has 190 valence electrons. The predicted octanol–water partition coefficient (Wildman–Crippen LogP) is 6.27. The first kappa shape index (κ1) is 28.2. The smallest absolute Gasteiger partial charge is 0.258 e. The lowest BCUT2D eigenvalue weighted by atomic mass is 10.2. The van der Waals surface area contributed by atoms with Crippen LogP contribution >= 0.6 is 23.2 Å². The fourth-order valence-electron chi connectivity index (χ4n) is 2.98. The van der Waals surface area contributed by atoms with E-state index in [1.165, 1.54) is 19.1 Å². The number of anilines is 1. The number of ether oxygens (including phenoxy) is 4. The van der Waals surface area contributed by atoms with Crippen molar-refractivity contribution in [3.63, 3.8) is 0 Å². The second-order valence-electron chi connectivity index (χ2n) is 6.98. The first-order chi connectivity index (χ1) is 16.7. The zero-order valence-corrected chi connectivity index (χ0v) is 21.8. The second kappa shape index (κ2) is 13.7. The lowest BCUT2D eigenvalue weighted by Crippen LogP contribution is -2.32. The number of carbonyl (C=O) groups excluding carboxylic acids is 2. The summed E-state index contributed by atoms with van der Waals surface area (Å²) in [4.78, 5) is 25.3. The van der Waals surface area contributed by atoms with Gasteiger partial charge in [0.15, 0.2) is 11.5 Å². The Morgan fingerprint density at radius 3 is 2.09 bits per heavy atom. The molecular formula is C24H29Cl2N3O6. The van der Waals surface area contributed by atoms with Gasteiger partial charge in [0, 0.05) is 24.3 Å². The van der Waals surface area contributed by atoms with Crippen LogP contribution in [0.15, 0.2) is 34.5 Å². The first-order valence-electron chi connectivity index (χ1n) is 11.2. The van der Waals surface area contributed by atoms with Crippen molar-refractivity contribution in [1.82, 2.24) is 0 Å². The van der Waals surface area contributed by atoms with Gasteiger partial charge in [0.25, 0.3) is 5.91 Å². The molecule has 0 aliphatic heterocycles. The number of benzene rings is 2. The van der Waals surface area contributed by atoms with Crippen LogP contribution in [0, 0.1) is 0 Å². The maximum atomic E-state index is 13.0. The van der Waals surface area contributed by atoms with Crippen molar-refractivity contribution in [2.45, 2.75) is 40.7 Å². The highest BCUT2D eigenvalue weighted by Crippen LogP contribution is 2.40. The van der Waals surface area contributed by atoms with E-state index in [0.717, 1.165) is 0 Å². The monoisotopic (exact) mass is 525 g/mol. The van der Waals surface area contributed by atoms with Crippen molar-refractivity contribution in [2.24, 2.45) is 10.2 Å². The summed E-state index contributed by atoms with van der Waals surface area (Å²) in [6.45, 7) is 9.90. The molecule has 2 rings (SSSR count). The van der Waals surface area contributed by atoms with Gasteiger partial charge in [-0.1, -0.05) is 23.2 Å². The van der Waals surface area contributed by atoms with Gasteiger partial charge in [-0.05, 0) is 34.6 Å². The van der Waals surface area contributed by atoms with E-state index in [2.05, 4.69) is 15.5 Å². The molecule has 35 heavy (non-hydrogen) atoms. The van der Waals surface area contributed by atoms with Gasteiger partial charge >= 0.3 is 0 Å². The summed E-state index contributed by atoms with van der Waals surface area (Å²) in [7, 11) is 0. The highest BCUT2D eigenvalue weighted by atomic mass is 35.5. The number of hydrogen-bond acceptors (Lipinski definition) is 8. The van der Waals surface area contributed by atoms with Crippen LogP contribution in [0.4, 0.5) is 11.4 Å². The SMILES string of the molecule is CCOc1cc(Cl)c(OCC)c(N=NC(C(C)=O)C(=O)Nc2cc(OCC)c(Cl)cc2OCC)c1.